The minimum Gasteiger partial charge on any atom is -0.482 e. The molecule has 2 aromatic rings. The fourth-order valence-electron chi connectivity index (χ4n) is 5.11. The largest absolute Gasteiger partial charge is 0.482 e. The number of carbonyl (C=O) groups is 2. The standard InChI is InChI=1S/C24H27FN4O6/c1-3-33-18(30)13-34-14-11-16-19(17(25)12-14)24(35-22(16)32)6-9-29(10-7-24)23-26-20-15(21(31)27-23)5-4-8-28(20)2/h11-12H,3-10,13H2,1-2H3,(H,26,27,31). The van der Waals surface area contributed by atoms with Gasteiger partial charge in [0.15, 0.2) is 6.61 Å². The van der Waals surface area contributed by atoms with Crippen LogP contribution in [-0.2, 0) is 26.3 Å². The molecule has 1 saturated heterocycles. The van der Waals surface area contributed by atoms with Crippen LogP contribution in [0.1, 0.15) is 47.7 Å². The summed E-state index contributed by atoms with van der Waals surface area (Å²) in [4.78, 5) is 48.3. The maximum atomic E-state index is 15.2. The van der Waals surface area contributed by atoms with Crippen molar-refractivity contribution >= 4 is 23.7 Å². The highest BCUT2D eigenvalue weighted by molar-refractivity contribution is 5.95. The molecular formula is C24H27FN4O6. The highest BCUT2D eigenvalue weighted by atomic mass is 19.1. The van der Waals surface area contributed by atoms with Gasteiger partial charge in [0.25, 0.3) is 5.56 Å². The van der Waals surface area contributed by atoms with Crippen molar-refractivity contribution in [2.75, 3.05) is 49.7 Å². The normalized spacial score (nSPS) is 18.2. The van der Waals surface area contributed by atoms with Crippen LogP contribution in [-0.4, -0.2) is 61.8 Å². The zero-order chi connectivity index (χ0) is 24.7. The van der Waals surface area contributed by atoms with Crippen molar-refractivity contribution < 1.29 is 28.2 Å². The van der Waals surface area contributed by atoms with Gasteiger partial charge in [0, 0.05) is 51.2 Å². The highest BCUT2D eigenvalue weighted by Gasteiger charge is 2.50. The van der Waals surface area contributed by atoms with E-state index in [9.17, 15) is 14.4 Å². The molecule has 0 radical (unpaired) electrons. The van der Waals surface area contributed by atoms with Gasteiger partial charge < -0.3 is 24.0 Å². The lowest BCUT2D eigenvalue weighted by molar-refractivity contribution is -0.145. The third kappa shape index (κ3) is 4.08. The van der Waals surface area contributed by atoms with Crippen LogP contribution >= 0.6 is 0 Å². The molecule has 4 heterocycles. The number of benzene rings is 1. The molecule has 0 aliphatic carbocycles. The van der Waals surface area contributed by atoms with Gasteiger partial charge in [-0.05, 0) is 25.8 Å². The van der Waals surface area contributed by atoms with Crippen molar-refractivity contribution in [3.05, 3.63) is 45.0 Å². The Bertz CT molecular complexity index is 1240. The molecule has 1 aromatic heterocycles. The summed E-state index contributed by atoms with van der Waals surface area (Å²) in [6.07, 6.45) is 2.28. The van der Waals surface area contributed by atoms with Crippen LogP contribution in [0.4, 0.5) is 16.2 Å². The summed E-state index contributed by atoms with van der Waals surface area (Å²) < 4.78 is 31.1. The van der Waals surface area contributed by atoms with E-state index in [-0.39, 0.29) is 35.6 Å². The topological polar surface area (TPSA) is 114 Å². The van der Waals surface area contributed by atoms with Gasteiger partial charge in [0.05, 0.1) is 17.7 Å². The summed E-state index contributed by atoms with van der Waals surface area (Å²) in [5.74, 6) is -0.626. The highest BCUT2D eigenvalue weighted by Crippen LogP contribution is 2.46. The smallest absolute Gasteiger partial charge is 0.344 e. The number of rotatable bonds is 5. The van der Waals surface area contributed by atoms with Crippen LogP contribution in [0, 0.1) is 5.82 Å². The molecule has 3 aliphatic rings. The lowest BCUT2D eigenvalue weighted by Crippen LogP contribution is -2.44. The number of piperidine rings is 1. The number of esters is 2. The molecule has 3 aliphatic heterocycles. The summed E-state index contributed by atoms with van der Waals surface area (Å²) >= 11 is 0. The summed E-state index contributed by atoms with van der Waals surface area (Å²) in [6, 6.07) is 2.56. The van der Waals surface area contributed by atoms with Crippen LogP contribution in [0.3, 0.4) is 0 Å². The minimum atomic E-state index is -1.10. The van der Waals surface area contributed by atoms with Gasteiger partial charge >= 0.3 is 11.9 Å². The van der Waals surface area contributed by atoms with Crippen LogP contribution in [0.15, 0.2) is 16.9 Å². The predicted molar refractivity (Wildman–Crippen MR) is 124 cm³/mol. The van der Waals surface area contributed by atoms with Gasteiger partial charge in [0.1, 0.15) is 23.0 Å². The SMILES string of the molecule is CCOC(=O)COc1cc(F)c2c(c1)C(=O)OC21CCN(c2nc3c(c(=O)[nH]2)CCCN3C)CC1. The van der Waals surface area contributed by atoms with Crippen LogP contribution in [0.25, 0.3) is 0 Å². The second-order valence-electron chi connectivity index (χ2n) is 9.01. The number of aromatic amines is 1. The minimum absolute atomic E-state index is 0.0562. The van der Waals surface area contributed by atoms with E-state index in [0.29, 0.717) is 49.7 Å². The number of fused-ring (bicyclic) bond motifs is 3. The molecular weight excluding hydrogens is 459 g/mol. The van der Waals surface area contributed by atoms with E-state index in [1.807, 2.05) is 16.8 Å². The van der Waals surface area contributed by atoms with Crippen molar-refractivity contribution in [1.82, 2.24) is 9.97 Å². The summed E-state index contributed by atoms with van der Waals surface area (Å²) in [6.45, 7) is 3.16. The molecule has 1 N–H and O–H groups in total. The fraction of sp³-hybridized carbons (Fsp3) is 0.500. The number of ether oxygens (including phenoxy) is 3. The Morgan fingerprint density at radius 2 is 2.03 bits per heavy atom. The van der Waals surface area contributed by atoms with E-state index < -0.39 is 23.4 Å². The molecule has 0 atom stereocenters. The quantitative estimate of drug-likeness (QED) is 0.633. The number of hydrogen-bond acceptors (Lipinski definition) is 9. The fourth-order valence-corrected chi connectivity index (χ4v) is 5.11. The molecule has 5 rings (SSSR count). The first kappa shape index (κ1) is 23.1. The molecule has 186 valence electrons. The van der Waals surface area contributed by atoms with Crippen molar-refractivity contribution in [2.45, 2.75) is 38.2 Å². The molecule has 0 amide bonds. The molecule has 1 spiro atoms. The van der Waals surface area contributed by atoms with E-state index in [4.69, 9.17) is 19.2 Å². The maximum Gasteiger partial charge on any atom is 0.344 e. The average Bonchev–Trinajstić information content (AvgIpc) is 3.10. The Balaban J connectivity index is 1.35. The molecule has 10 nitrogen and oxygen atoms in total. The van der Waals surface area contributed by atoms with Gasteiger partial charge in [-0.1, -0.05) is 0 Å². The number of hydrogen-bond donors (Lipinski definition) is 1. The zero-order valence-corrected chi connectivity index (χ0v) is 19.7. The van der Waals surface area contributed by atoms with Crippen molar-refractivity contribution in [2.24, 2.45) is 0 Å². The average molecular weight is 487 g/mol. The second kappa shape index (κ2) is 8.86. The molecule has 0 saturated carbocycles. The lowest BCUT2D eigenvalue weighted by Gasteiger charge is -2.39. The predicted octanol–water partition coefficient (Wildman–Crippen LogP) is 1.90. The molecule has 11 heteroatoms. The number of aromatic nitrogens is 2. The third-order valence-corrected chi connectivity index (χ3v) is 6.82. The first-order chi connectivity index (χ1) is 16.8. The number of nitrogens with zero attached hydrogens (tertiary/aromatic N) is 3. The van der Waals surface area contributed by atoms with Crippen molar-refractivity contribution in [3.63, 3.8) is 0 Å². The number of halogens is 1. The Hall–Kier alpha value is -3.63. The number of H-pyrrole nitrogens is 1. The van der Waals surface area contributed by atoms with Gasteiger partial charge in [-0.2, -0.15) is 4.98 Å². The summed E-state index contributed by atoms with van der Waals surface area (Å²) in [7, 11) is 1.92. The van der Waals surface area contributed by atoms with Crippen LogP contribution in [0.5, 0.6) is 5.75 Å². The molecule has 1 aromatic carbocycles. The number of carbonyl (C=O) groups excluding carboxylic acids is 2. The number of nitrogens with one attached hydrogen (secondary N) is 1. The van der Waals surface area contributed by atoms with Crippen LogP contribution < -0.4 is 20.1 Å². The molecule has 35 heavy (non-hydrogen) atoms. The second-order valence-corrected chi connectivity index (χ2v) is 9.01. The monoisotopic (exact) mass is 486 g/mol. The van der Waals surface area contributed by atoms with E-state index in [1.165, 1.54) is 6.07 Å². The summed E-state index contributed by atoms with van der Waals surface area (Å²) in [5.41, 5.74) is -0.247. The third-order valence-electron chi connectivity index (χ3n) is 6.82. The van der Waals surface area contributed by atoms with E-state index in [0.717, 1.165) is 19.0 Å². The maximum absolute atomic E-state index is 15.2. The number of anilines is 2. The van der Waals surface area contributed by atoms with Gasteiger partial charge in [-0.3, -0.25) is 9.78 Å². The molecule has 1 fully saturated rings. The Kier molecular flexibility index (Phi) is 5.86. The Labute approximate surface area is 201 Å². The first-order valence-corrected chi connectivity index (χ1v) is 11.8. The van der Waals surface area contributed by atoms with Gasteiger partial charge in [0.2, 0.25) is 5.95 Å². The Morgan fingerprint density at radius 1 is 1.26 bits per heavy atom. The van der Waals surface area contributed by atoms with Crippen molar-refractivity contribution in [3.8, 4) is 5.75 Å². The first-order valence-electron chi connectivity index (χ1n) is 11.8. The van der Waals surface area contributed by atoms with E-state index in [1.54, 1.807) is 6.92 Å². The van der Waals surface area contributed by atoms with Gasteiger partial charge in [-0.25, -0.2) is 14.0 Å². The van der Waals surface area contributed by atoms with Crippen molar-refractivity contribution in [1.29, 1.82) is 0 Å². The van der Waals surface area contributed by atoms with E-state index in [2.05, 4.69) is 4.98 Å². The van der Waals surface area contributed by atoms with Crippen LogP contribution in [0.2, 0.25) is 0 Å². The van der Waals surface area contributed by atoms with Gasteiger partial charge in [-0.15, -0.1) is 0 Å². The lowest BCUT2D eigenvalue weighted by atomic mass is 9.83. The molecule has 0 unspecified atom stereocenters. The molecule has 0 bridgehead atoms. The Morgan fingerprint density at radius 3 is 2.77 bits per heavy atom. The zero-order valence-electron chi connectivity index (χ0n) is 19.7. The van der Waals surface area contributed by atoms with E-state index >= 15 is 4.39 Å². The summed E-state index contributed by atoms with van der Waals surface area (Å²) in [5, 5.41) is 0.